The van der Waals surface area contributed by atoms with Crippen molar-refractivity contribution < 1.29 is 4.79 Å². The molecule has 0 aliphatic rings. The van der Waals surface area contributed by atoms with Crippen LogP contribution in [-0.2, 0) is 10.3 Å². The molecule has 0 bridgehead atoms. The maximum Gasteiger partial charge on any atom is 0.249 e. The van der Waals surface area contributed by atoms with Gasteiger partial charge in [0, 0.05) is 17.3 Å². The average Bonchev–Trinajstić information content (AvgIpc) is 2.82. The number of carbonyl (C=O) groups is 1. The van der Waals surface area contributed by atoms with Crippen molar-refractivity contribution in [3.8, 4) is 0 Å². The summed E-state index contributed by atoms with van der Waals surface area (Å²) in [6, 6.07) is 7.80. The average molecular weight is 261 g/mol. The Morgan fingerprint density at radius 1 is 1.50 bits per heavy atom. The lowest BCUT2D eigenvalue weighted by atomic mass is 10.0. The van der Waals surface area contributed by atoms with E-state index in [0.29, 0.717) is 5.01 Å². The van der Waals surface area contributed by atoms with Crippen LogP contribution in [0.25, 0.3) is 0 Å². The summed E-state index contributed by atoms with van der Waals surface area (Å²) in [6.45, 7) is 3.74. The summed E-state index contributed by atoms with van der Waals surface area (Å²) in [5, 5.41) is 5.66. The first-order chi connectivity index (χ1) is 8.52. The minimum Gasteiger partial charge on any atom is -0.367 e. The zero-order chi connectivity index (χ0) is 13.2. The molecule has 94 valence electrons. The molecule has 1 unspecified atom stereocenters. The minimum atomic E-state index is -0.984. The molecule has 1 heterocycles. The highest BCUT2D eigenvalue weighted by molar-refractivity contribution is 7.09. The molecule has 4 nitrogen and oxygen atoms in total. The van der Waals surface area contributed by atoms with Crippen molar-refractivity contribution in [1.82, 2.24) is 4.98 Å². The first kappa shape index (κ1) is 12.6. The number of aromatic nitrogens is 1. The highest BCUT2D eigenvalue weighted by Crippen LogP contribution is 2.27. The molecule has 0 aliphatic carbocycles. The molecule has 2 aromatic rings. The Morgan fingerprint density at radius 3 is 2.83 bits per heavy atom. The summed E-state index contributed by atoms with van der Waals surface area (Å²) in [6.07, 6.45) is 1.67. The van der Waals surface area contributed by atoms with Crippen LogP contribution in [0.4, 0.5) is 5.69 Å². The van der Waals surface area contributed by atoms with Crippen molar-refractivity contribution in [2.45, 2.75) is 19.4 Å². The Hall–Kier alpha value is -1.88. The van der Waals surface area contributed by atoms with Gasteiger partial charge in [0.05, 0.1) is 0 Å². The molecule has 1 amide bonds. The zero-order valence-corrected chi connectivity index (χ0v) is 11.1. The van der Waals surface area contributed by atoms with Crippen LogP contribution in [0.1, 0.15) is 17.5 Å². The Bertz CT molecular complexity index is 553. The second-order valence-electron chi connectivity index (χ2n) is 4.32. The van der Waals surface area contributed by atoms with E-state index in [0.717, 1.165) is 11.3 Å². The van der Waals surface area contributed by atoms with Crippen LogP contribution in [-0.4, -0.2) is 10.9 Å². The van der Waals surface area contributed by atoms with Gasteiger partial charge in [-0.3, -0.25) is 4.79 Å². The van der Waals surface area contributed by atoms with E-state index >= 15 is 0 Å². The largest absolute Gasteiger partial charge is 0.367 e. The fourth-order valence-electron chi connectivity index (χ4n) is 1.70. The fourth-order valence-corrected chi connectivity index (χ4v) is 2.46. The zero-order valence-electron chi connectivity index (χ0n) is 10.3. The lowest BCUT2D eigenvalue weighted by Gasteiger charge is -2.26. The minimum absolute atomic E-state index is 0.445. The van der Waals surface area contributed by atoms with Gasteiger partial charge in [-0.25, -0.2) is 4.98 Å². The number of amides is 1. The maximum absolute atomic E-state index is 11.7. The molecule has 0 aliphatic heterocycles. The molecule has 5 heteroatoms. The van der Waals surface area contributed by atoms with Crippen molar-refractivity contribution in [3.05, 3.63) is 46.4 Å². The number of carbonyl (C=O) groups excluding carboxylic acids is 1. The Balaban J connectivity index is 2.36. The molecule has 1 aromatic carbocycles. The van der Waals surface area contributed by atoms with E-state index in [9.17, 15) is 4.79 Å². The normalized spacial score (nSPS) is 13.9. The molecular formula is C13H15N3OS. The van der Waals surface area contributed by atoms with Gasteiger partial charge in [-0.05, 0) is 31.5 Å². The van der Waals surface area contributed by atoms with Gasteiger partial charge in [-0.1, -0.05) is 12.1 Å². The smallest absolute Gasteiger partial charge is 0.249 e. The van der Waals surface area contributed by atoms with E-state index in [1.807, 2.05) is 36.6 Å². The lowest BCUT2D eigenvalue weighted by Crippen LogP contribution is -2.45. The van der Waals surface area contributed by atoms with Crippen LogP contribution < -0.4 is 11.1 Å². The highest BCUT2D eigenvalue weighted by atomic mass is 32.1. The van der Waals surface area contributed by atoms with E-state index in [-0.39, 0.29) is 0 Å². The standard InChI is InChI=1S/C13H15N3OS/c1-9-4-3-5-10(8-9)16-13(2,11(14)17)12-15-6-7-18-12/h3-8,16H,1-2H3,(H2,14,17). The Morgan fingerprint density at radius 2 is 2.28 bits per heavy atom. The number of rotatable bonds is 4. The molecule has 1 atom stereocenters. The van der Waals surface area contributed by atoms with Crippen molar-refractivity contribution in [3.63, 3.8) is 0 Å². The van der Waals surface area contributed by atoms with E-state index in [2.05, 4.69) is 10.3 Å². The molecular weight excluding hydrogens is 246 g/mol. The second-order valence-corrected chi connectivity index (χ2v) is 5.22. The third-order valence-corrected chi connectivity index (χ3v) is 3.76. The van der Waals surface area contributed by atoms with Gasteiger partial charge in [0.2, 0.25) is 5.91 Å². The summed E-state index contributed by atoms with van der Waals surface area (Å²) >= 11 is 1.41. The van der Waals surface area contributed by atoms with Gasteiger partial charge in [0.1, 0.15) is 5.01 Å². The number of aryl methyl sites for hydroxylation is 1. The van der Waals surface area contributed by atoms with Gasteiger partial charge < -0.3 is 11.1 Å². The molecule has 0 fully saturated rings. The molecule has 0 saturated carbocycles. The molecule has 0 saturated heterocycles. The first-order valence-corrected chi connectivity index (χ1v) is 6.45. The molecule has 18 heavy (non-hydrogen) atoms. The highest BCUT2D eigenvalue weighted by Gasteiger charge is 2.35. The summed E-state index contributed by atoms with van der Waals surface area (Å²) < 4.78 is 0. The first-order valence-electron chi connectivity index (χ1n) is 5.57. The van der Waals surface area contributed by atoms with Crippen molar-refractivity contribution >= 4 is 22.9 Å². The van der Waals surface area contributed by atoms with Gasteiger partial charge in [0.25, 0.3) is 0 Å². The maximum atomic E-state index is 11.7. The van der Waals surface area contributed by atoms with Crippen molar-refractivity contribution in [2.75, 3.05) is 5.32 Å². The van der Waals surface area contributed by atoms with Gasteiger partial charge in [0.15, 0.2) is 5.54 Å². The van der Waals surface area contributed by atoms with E-state index < -0.39 is 11.4 Å². The number of nitrogens with two attached hydrogens (primary N) is 1. The third kappa shape index (κ3) is 2.36. The molecule has 0 radical (unpaired) electrons. The third-order valence-electron chi connectivity index (χ3n) is 2.77. The molecule has 0 spiro atoms. The van der Waals surface area contributed by atoms with Gasteiger partial charge in [-0.15, -0.1) is 11.3 Å². The van der Waals surface area contributed by atoms with E-state index in [4.69, 9.17) is 5.73 Å². The SMILES string of the molecule is Cc1cccc(NC(C)(C(N)=O)c2nccs2)c1. The van der Waals surface area contributed by atoms with Crippen molar-refractivity contribution in [1.29, 1.82) is 0 Å². The second kappa shape index (κ2) is 4.78. The fraction of sp³-hybridized carbons (Fsp3) is 0.231. The van der Waals surface area contributed by atoms with Crippen LogP contribution in [0.3, 0.4) is 0 Å². The predicted octanol–water partition coefficient (Wildman–Crippen LogP) is 2.26. The number of anilines is 1. The van der Waals surface area contributed by atoms with Crippen LogP contribution in [0.15, 0.2) is 35.8 Å². The summed E-state index contributed by atoms with van der Waals surface area (Å²) in [5.41, 5.74) is 6.50. The number of hydrogen-bond acceptors (Lipinski definition) is 4. The van der Waals surface area contributed by atoms with Gasteiger partial charge >= 0.3 is 0 Å². The Kier molecular flexibility index (Phi) is 3.34. The number of thiazole rings is 1. The molecule has 3 N–H and O–H groups in total. The number of primary amides is 1. The summed E-state index contributed by atoms with van der Waals surface area (Å²) in [5.74, 6) is -0.445. The lowest BCUT2D eigenvalue weighted by molar-refractivity contribution is -0.122. The number of nitrogens with zero attached hydrogens (tertiary/aromatic N) is 1. The van der Waals surface area contributed by atoms with E-state index in [1.165, 1.54) is 11.3 Å². The molecule has 1 aromatic heterocycles. The van der Waals surface area contributed by atoms with Crippen molar-refractivity contribution in [2.24, 2.45) is 5.73 Å². The molecule has 2 rings (SSSR count). The number of benzene rings is 1. The summed E-state index contributed by atoms with van der Waals surface area (Å²) in [7, 11) is 0. The van der Waals surface area contributed by atoms with Crippen LogP contribution in [0.5, 0.6) is 0 Å². The topological polar surface area (TPSA) is 68.0 Å². The number of hydrogen-bond donors (Lipinski definition) is 2. The van der Waals surface area contributed by atoms with Gasteiger partial charge in [-0.2, -0.15) is 0 Å². The predicted molar refractivity (Wildman–Crippen MR) is 73.5 cm³/mol. The quantitative estimate of drug-likeness (QED) is 0.887. The summed E-state index contributed by atoms with van der Waals surface area (Å²) in [4.78, 5) is 15.9. The number of nitrogens with one attached hydrogen (secondary N) is 1. The van der Waals surface area contributed by atoms with Crippen LogP contribution in [0, 0.1) is 6.92 Å². The monoisotopic (exact) mass is 261 g/mol. The Labute approximate surface area is 110 Å². The van der Waals surface area contributed by atoms with Crippen LogP contribution in [0.2, 0.25) is 0 Å². The van der Waals surface area contributed by atoms with Crippen LogP contribution >= 0.6 is 11.3 Å². The van der Waals surface area contributed by atoms with E-state index in [1.54, 1.807) is 13.1 Å².